The molecule has 0 atom stereocenters. The predicted octanol–water partition coefficient (Wildman–Crippen LogP) is 1.51. The molecule has 0 aromatic carbocycles. The van der Waals surface area contributed by atoms with Crippen LogP contribution in [0.15, 0.2) is 6.20 Å². The van der Waals surface area contributed by atoms with Gasteiger partial charge in [-0.25, -0.2) is 5.01 Å². The van der Waals surface area contributed by atoms with Crippen LogP contribution in [0.1, 0.15) is 19.8 Å². The maximum atomic E-state index is 5.37. The quantitative estimate of drug-likeness (QED) is 0.535. The molecule has 1 radical (unpaired) electrons. The zero-order valence-corrected chi connectivity index (χ0v) is 7.17. The van der Waals surface area contributed by atoms with Crippen LogP contribution >= 0.6 is 0 Å². The Morgan fingerprint density at radius 2 is 2.00 bits per heavy atom. The first-order chi connectivity index (χ1) is 4.72. The van der Waals surface area contributed by atoms with Gasteiger partial charge in [0.25, 0.3) is 0 Å². The number of hydrogen-bond acceptors (Lipinski definition) is 2. The molecule has 59 valence electrons. The summed E-state index contributed by atoms with van der Waals surface area (Å²) in [4.78, 5) is 0. The lowest BCUT2D eigenvalue weighted by molar-refractivity contribution is 0.0810. The minimum Gasteiger partial charge on any atom is -0.314 e. The summed E-state index contributed by atoms with van der Waals surface area (Å²) in [5.41, 5.74) is 0. The van der Waals surface area contributed by atoms with Crippen molar-refractivity contribution in [1.29, 1.82) is 0 Å². The van der Waals surface area contributed by atoms with Gasteiger partial charge in [-0.05, 0) is 13.0 Å². The highest BCUT2D eigenvalue weighted by atomic mass is 15.6. The summed E-state index contributed by atoms with van der Waals surface area (Å²) in [5.74, 6) is 0. The lowest BCUT2D eigenvalue weighted by Gasteiger charge is -2.26. The van der Waals surface area contributed by atoms with Gasteiger partial charge in [0.15, 0.2) is 0 Å². The molecule has 0 rings (SSSR count). The maximum absolute atomic E-state index is 5.37. The van der Waals surface area contributed by atoms with Gasteiger partial charge in [-0.1, -0.05) is 13.3 Å². The van der Waals surface area contributed by atoms with Crippen LogP contribution < -0.4 is 0 Å². The van der Waals surface area contributed by atoms with Crippen LogP contribution in [0.2, 0.25) is 0 Å². The Hall–Kier alpha value is -0.500. The largest absolute Gasteiger partial charge is 0.314 e. The molecule has 0 aromatic rings. The molecule has 0 spiro atoms. The zero-order chi connectivity index (χ0) is 7.98. The number of unbranched alkanes of at least 4 members (excludes halogenated alkanes) is 1. The normalized spacial score (nSPS) is 10.0. The lowest BCUT2D eigenvalue weighted by atomic mass is 10.3. The Morgan fingerprint density at radius 1 is 1.40 bits per heavy atom. The van der Waals surface area contributed by atoms with Crippen LogP contribution in [0.3, 0.4) is 0 Å². The monoisotopic (exact) mass is 141 g/mol. The van der Waals surface area contributed by atoms with Crippen molar-refractivity contribution in [2.24, 2.45) is 0 Å². The number of rotatable bonds is 5. The van der Waals surface area contributed by atoms with E-state index >= 15 is 0 Å². The fourth-order valence-electron chi connectivity index (χ4n) is 0.728. The van der Waals surface area contributed by atoms with Crippen molar-refractivity contribution in [2.75, 3.05) is 20.6 Å². The van der Waals surface area contributed by atoms with Crippen LogP contribution in [0.5, 0.6) is 0 Å². The van der Waals surface area contributed by atoms with Crippen LogP contribution in [0, 0.1) is 6.58 Å². The average Bonchev–Trinajstić information content (AvgIpc) is 1.89. The third-order valence-corrected chi connectivity index (χ3v) is 1.43. The molecule has 0 aliphatic carbocycles. The number of nitrogens with zero attached hydrogens (tertiary/aromatic N) is 2. The highest BCUT2D eigenvalue weighted by Crippen LogP contribution is 1.95. The molecule has 0 aliphatic rings. The van der Waals surface area contributed by atoms with Gasteiger partial charge in [0, 0.05) is 26.8 Å². The fourth-order valence-corrected chi connectivity index (χ4v) is 0.728. The van der Waals surface area contributed by atoms with Crippen molar-refractivity contribution in [1.82, 2.24) is 10.0 Å². The Kier molecular flexibility index (Phi) is 5.03. The second-order valence-corrected chi connectivity index (χ2v) is 2.51. The first-order valence-corrected chi connectivity index (χ1v) is 3.71. The van der Waals surface area contributed by atoms with E-state index in [4.69, 9.17) is 6.58 Å². The summed E-state index contributed by atoms with van der Waals surface area (Å²) in [7, 11) is 3.97. The molecule has 2 nitrogen and oxygen atoms in total. The van der Waals surface area contributed by atoms with Crippen molar-refractivity contribution in [3.05, 3.63) is 12.8 Å². The molecule has 0 aliphatic heterocycles. The van der Waals surface area contributed by atoms with E-state index < -0.39 is 0 Å². The standard InChI is InChI=1S/C8H17N2/c1-5-7-8-10(6-2)9(3)4/h2,6H,5,7-8H2,1,3-4H3. The third kappa shape index (κ3) is 3.51. The lowest BCUT2D eigenvalue weighted by Crippen LogP contribution is -2.32. The smallest absolute Gasteiger partial charge is 0.0339 e. The van der Waals surface area contributed by atoms with E-state index in [0.717, 1.165) is 6.54 Å². The highest BCUT2D eigenvalue weighted by Gasteiger charge is 1.97. The summed E-state index contributed by atoms with van der Waals surface area (Å²) < 4.78 is 0. The Morgan fingerprint density at radius 3 is 2.30 bits per heavy atom. The minimum absolute atomic E-state index is 1.01. The molecule has 0 unspecified atom stereocenters. The van der Waals surface area contributed by atoms with Gasteiger partial charge in [-0.15, -0.1) is 0 Å². The van der Waals surface area contributed by atoms with Gasteiger partial charge in [0.2, 0.25) is 0 Å². The first kappa shape index (κ1) is 9.50. The second kappa shape index (κ2) is 5.30. The SMILES string of the molecule is [CH]=CN(CCCC)N(C)C. The molecular weight excluding hydrogens is 124 g/mol. The summed E-state index contributed by atoms with van der Waals surface area (Å²) in [5, 5.41) is 3.97. The van der Waals surface area contributed by atoms with E-state index in [1.807, 2.05) is 24.1 Å². The van der Waals surface area contributed by atoms with Gasteiger partial charge in [-0.3, -0.25) is 0 Å². The van der Waals surface area contributed by atoms with E-state index in [1.165, 1.54) is 12.8 Å². The van der Waals surface area contributed by atoms with Crippen molar-refractivity contribution < 1.29 is 0 Å². The van der Waals surface area contributed by atoms with Crippen LogP contribution in [0.4, 0.5) is 0 Å². The molecule has 0 heterocycles. The van der Waals surface area contributed by atoms with E-state index in [0.29, 0.717) is 0 Å². The molecule has 0 aromatic heterocycles. The second-order valence-electron chi connectivity index (χ2n) is 2.51. The molecule has 10 heavy (non-hydrogen) atoms. The van der Waals surface area contributed by atoms with E-state index in [2.05, 4.69) is 6.92 Å². The van der Waals surface area contributed by atoms with Crippen molar-refractivity contribution in [3.63, 3.8) is 0 Å². The third-order valence-electron chi connectivity index (χ3n) is 1.43. The Balaban J connectivity index is 3.50. The van der Waals surface area contributed by atoms with Gasteiger partial charge in [0.05, 0.1) is 0 Å². The summed E-state index contributed by atoms with van der Waals surface area (Å²) in [6, 6.07) is 0. The van der Waals surface area contributed by atoms with E-state index in [9.17, 15) is 0 Å². The molecule has 0 fully saturated rings. The molecule has 0 amide bonds. The Bertz CT molecular complexity index is 89.3. The van der Waals surface area contributed by atoms with Crippen LogP contribution in [-0.4, -0.2) is 30.7 Å². The van der Waals surface area contributed by atoms with Crippen LogP contribution in [0.25, 0.3) is 0 Å². The fraction of sp³-hybridized carbons (Fsp3) is 0.750. The molecule has 0 saturated carbocycles. The van der Waals surface area contributed by atoms with E-state index in [1.54, 1.807) is 6.20 Å². The topological polar surface area (TPSA) is 6.48 Å². The van der Waals surface area contributed by atoms with Crippen molar-refractivity contribution in [2.45, 2.75) is 19.8 Å². The van der Waals surface area contributed by atoms with Gasteiger partial charge >= 0.3 is 0 Å². The zero-order valence-electron chi connectivity index (χ0n) is 7.17. The van der Waals surface area contributed by atoms with Gasteiger partial charge < -0.3 is 5.01 Å². The average molecular weight is 141 g/mol. The minimum atomic E-state index is 1.01. The number of hydrogen-bond donors (Lipinski definition) is 0. The first-order valence-electron chi connectivity index (χ1n) is 3.71. The Labute approximate surface area is 64.1 Å². The van der Waals surface area contributed by atoms with Crippen molar-refractivity contribution >= 4 is 0 Å². The van der Waals surface area contributed by atoms with Gasteiger partial charge in [0.1, 0.15) is 0 Å². The highest BCUT2D eigenvalue weighted by molar-refractivity contribution is 4.62. The maximum Gasteiger partial charge on any atom is 0.0339 e. The van der Waals surface area contributed by atoms with Crippen molar-refractivity contribution in [3.8, 4) is 0 Å². The molecule has 0 saturated heterocycles. The molecule has 2 heteroatoms. The molecular formula is C8H17N2. The summed E-state index contributed by atoms with van der Waals surface area (Å²) in [6.07, 6.45) is 4.00. The summed E-state index contributed by atoms with van der Waals surface area (Å²) in [6.45, 7) is 8.56. The molecule has 0 N–H and O–H groups in total. The van der Waals surface area contributed by atoms with Crippen LogP contribution in [-0.2, 0) is 0 Å². The summed E-state index contributed by atoms with van der Waals surface area (Å²) >= 11 is 0. The van der Waals surface area contributed by atoms with Gasteiger partial charge in [-0.2, -0.15) is 0 Å². The number of hydrazine groups is 1. The van der Waals surface area contributed by atoms with E-state index in [-0.39, 0.29) is 0 Å². The molecule has 0 bridgehead atoms. The predicted molar refractivity (Wildman–Crippen MR) is 44.2 cm³/mol.